The van der Waals surface area contributed by atoms with Gasteiger partial charge in [-0.2, -0.15) is 0 Å². The van der Waals surface area contributed by atoms with Gasteiger partial charge in [0.05, 0.1) is 0 Å². The molecule has 70 valence electrons. The molecule has 0 radical (unpaired) electrons. The molecule has 1 atom stereocenters. The SMILES string of the molecule is CCN1CCN(C(=O)Cl)C(C)C1. The molecule has 1 rings (SSSR count). The predicted octanol–water partition coefficient (Wildman–Crippen LogP) is 1.37. The molecule has 1 heterocycles. The summed E-state index contributed by atoms with van der Waals surface area (Å²) >= 11 is 5.41. The molecule has 0 aromatic carbocycles. The normalized spacial score (nSPS) is 25.9. The van der Waals surface area contributed by atoms with E-state index in [0.717, 1.165) is 26.2 Å². The fourth-order valence-corrected chi connectivity index (χ4v) is 1.83. The molecule has 1 aliphatic heterocycles. The molecule has 0 aromatic heterocycles. The molecule has 0 aliphatic carbocycles. The number of nitrogens with zero attached hydrogens (tertiary/aromatic N) is 2. The first-order chi connectivity index (χ1) is 5.65. The minimum Gasteiger partial charge on any atom is -0.324 e. The Morgan fingerprint density at radius 3 is 2.67 bits per heavy atom. The van der Waals surface area contributed by atoms with Crippen molar-refractivity contribution in [2.75, 3.05) is 26.2 Å². The highest BCUT2D eigenvalue weighted by Gasteiger charge is 2.25. The number of hydrogen-bond acceptors (Lipinski definition) is 2. The highest BCUT2D eigenvalue weighted by molar-refractivity contribution is 6.62. The maximum Gasteiger partial charge on any atom is 0.316 e. The van der Waals surface area contributed by atoms with Crippen LogP contribution in [0.4, 0.5) is 4.79 Å². The molecule has 1 aliphatic rings. The third-order valence-electron chi connectivity index (χ3n) is 2.38. The van der Waals surface area contributed by atoms with E-state index >= 15 is 0 Å². The second-order valence-corrected chi connectivity index (χ2v) is 3.51. The van der Waals surface area contributed by atoms with E-state index in [2.05, 4.69) is 11.8 Å². The van der Waals surface area contributed by atoms with E-state index in [9.17, 15) is 4.79 Å². The summed E-state index contributed by atoms with van der Waals surface area (Å²) in [6.07, 6.45) is 0. The van der Waals surface area contributed by atoms with Gasteiger partial charge < -0.3 is 4.90 Å². The first kappa shape index (κ1) is 9.81. The van der Waals surface area contributed by atoms with Gasteiger partial charge in [0.15, 0.2) is 0 Å². The summed E-state index contributed by atoms with van der Waals surface area (Å²) in [4.78, 5) is 14.9. The molecule has 1 amide bonds. The fourth-order valence-electron chi connectivity index (χ4n) is 1.58. The lowest BCUT2D eigenvalue weighted by atomic mass is 10.2. The quantitative estimate of drug-likeness (QED) is 0.461. The Morgan fingerprint density at radius 1 is 1.58 bits per heavy atom. The average molecular weight is 191 g/mol. The number of hydrogen-bond donors (Lipinski definition) is 0. The number of rotatable bonds is 1. The zero-order chi connectivity index (χ0) is 9.14. The van der Waals surface area contributed by atoms with Crippen LogP contribution >= 0.6 is 11.6 Å². The van der Waals surface area contributed by atoms with Gasteiger partial charge in [0, 0.05) is 25.7 Å². The second kappa shape index (κ2) is 4.10. The van der Waals surface area contributed by atoms with E-state index in [-0.39, 0.29) is 11.4 Å². The van der Waals surface area contributed by atoms with E-state index in [0.29, 0.717) is 0 Å². The van der Waals surface area contributed by atoms with Gasteiger partial charge in [-0.25, -0.2) is 0 Å². The summed E-state index contributed by atoms with van der Waals surface area (Å²) in [7, 11) is 0. The Labute approximate surface area is 78.3 Å². The summed E-state index contributed by atoms with van der Waals surface area (Å²) < 4.78 is 0. The van der Waals surface area contributed by atoms with Crippen molar-refractivity contribution in [1.29, 1.82) is 0 Å². The van der Waals surface area contributed by atoms with E-state index in [4.69, 9.17) is 11.6 Å². The van der Waals surface area contributed by atoms with Crippen LogP contribution in [0.2, 0.25) is 0 Å². The van der Waals surface area contributed by atoms with Crippen LogP contribution in [0.3, 0.4) is 0 Å². The molecule has 3 nitrogen and oxygen atoms in total. The summed E-state index contributed by atoms with van der Waals surface area (Å²) in [5, 5.41) is -0.321. The van der Waals surface area contributed by atoms with Crippen LogP contribution in [0.25, 0.3) is 0 Å². The molecular formula is C8H15ClN2O. The lowest BCUT2D eigenvalue weighted by molar-refractivity contribution is 0.117. The molecule has 4 heteroatoms. The molecule has 1 fully saturated rings. The number of carbonyl (C=O) groups excluding carboxylic acids is 1. The van der Waals surface area contributed by atoms with Crippen molar-refractivity contribution in [3.8, 4) is 0 Å². The van der Waals surface area contributed by atoms with E-state index < -0.39 is 0 Å². The lowest BCUT2D eigenvalue weighted by Gasteiger charge is -2.38. The first-order valence-electron chi connectivity index (χ1n) is 4.33. The topological polar surface area (TPSA) is 23.6 Å². The van der Waals surface area contributed by atoms with Gasteiger partial charge in [-0.05, 0) is 25.1 Å². The van der Waals surface area contributed by atoms with Crippen LogP contribution in [-0.4, -0.2) is 47.4 Å². The molecule has 0 bridgehead atoms. The Bertz CT molecular complexity index is 174. The molecule has 0 N–H and O–H groups in total. The zero-order valence-electron chi connectivity index (χ0n) is 7.59. The van der Waals surface area contributed by atoms with Gasteiger partial charge in [0.25, 0.3) is 0 Å². The fraction of sp³-hybridized carbons (Fsp3) is 0.875. The molecule has 0 spiro atoms. The van der Waals surface area contributed by atoms with Crippen LogP contribution < -0.4 is 0 Å². The van der Waals surface area contributed by atoms with Crippen molar-refractivity contribution in [1.82, 2.24) is 9.80 Å². The van der Waals surface area contributed by atoms with Gasteiger partial charge in [-0.3, -0.25) is 9.69 Å². The number of halogens is 1. The molecule has 0 aromatic rings. The third-order valence-corrected chi connectivity index (χ3v) is 2.60. The molecule has 1 unspecified atom stereocenters. The summed E-state index contributed by atoms with van der Waals surface area (Å²) in [6.45, 7) is 7.85. The van der Waals surface area contributed by atoms with E-state index in [1.807, 2.05) is 6.92 Å². The summed E-state index contributed by atoms with van der Waals surface area (Å²) in [5.74, 6) is 0. The smallest absolute Gasteiger partial charge is 0.316 e. The number of amides is 1. The van der Waals surface area contributed by atoms with Crippen LogP contribution in [-0.2, 0) is 0 Å². The van der Waals surface area contributed by atoms with E-state index in [1.165, 1.54) is 0 Å². The lowest BCUT2D eigenvalue weighted by Crippen LogP contribution is -2.52. The van der Waals surface area contributed by atoms with Crippen molar-refractivity contribution >= 4 is 17.0 Å². The van der Waals surface area contributed by atoms with Gasteiger partial charge in [0.2, 0.25) is 0 Å². The maximum atomic E-state index is 10.9. The van der Waals surface area contributed by atoms with Gasteiger partial charge in [-0.1, -0.05) is 6.92 Å². The molecular weight excluding hydrogens is 176 g/mol. The molecule has 1 saturated heterocycles. The standard InChI is InChI=1S/C8H15ClN2O/c1-3-10-4-5-11(8(9)12)7(2)6-10/h7H,3-6H2,1-2H3. The monoisotopic (exact) mass is 190 g/mol. The number of likely N-dealkylation sites (N-methyl/N-ethyl adjacent to an activating group) is 1. The Balaban J connectivity index is 2.47. The van der Waals surface area contributed by atoms with Crippen LogP contribution in [0.15, 0.2) is 0 Å². The summed E-state index contributed by atoms with van der Waals surface area (Å²) in [6, 6.07) is 0.253. The van der Waals surface area contributed by atoms with Crippen molar-refractivity contribution < 1.29 is 4.79 Å². The largest absolute Gasteiger partial charge is 0.324 e. The summed E-state index contributed by atoms with van der Waals surface area (Å²) in [5.41, 5.74) is 0. The van der Waals surface area contributed by atoms with E-state index in [1.54, 1.807) is 4.90 Å². The highest BCUT2D eigenvalue weighted by atomic mass is 35.5. The molecule has 0 saturated carbocycles. The van der Waals surface area contributed by atoms with Gasteiger partial charge in [-0.15, -0.1) is 0 Å². The van der Waals surface area contributed by atoms with Gasteiger partial charge >= 0.3 is 5.37 Å². The predicted molar refractivity (Wildman–Crippen MR) is 49.5 cm³/mol. The highest BCUT2D eigenvalue weighted by Crippen LogP contribution is 2.11. The van der Waals surface area contributed by atoms with Crippen molar-refractivity contribution in [2.45, 2.75) is 19.9 Å². The first-order valence-corrected chi connectivity index (χ1v) is 4.71. The second-order valence-electron chi connectivity index (χ2n) is 3.19. The Morgan fingerprint density at radius 2 is 2.25 bits per heavy atom. The van der Waals surface area contributed by atoms with Crippen LogP contribution in [0.1, 0.15) is 13.8 Å². The number of carbonyl (C=O) groups is 1. The van der Waals surface area contributed by atoms with Crippen LogP contribution in [0.5, 0.6) is 0 Å². The van der Waals surface area contributed by atoms with Crippen molar-refractivity contribution in [3.63, 3.8) is 0 Å². The van der Waals surface area contributed by atoms with Crippen molar-refractivity contribution in [3.05, 3.63) is 0 Å². The Kier molecular flexibility index (Phi) is 3.35. The Hall–Kier alpha value is -0.280. The average Bonchev–Trinajstić information content (AvgIpc) is 2.03. The zero-order valence-corrected chi connectivity index (χ0v) is 8.34. The van der Waals surface area contributed by atoms with Crippen LogP contribution in [0, 0.1) is 0 Å². The maximum absolute atomic E-state index is 10.9. The minimum absolute atomic E-state index is 0.253. The van der Waals surface area contributed by atoms with Gasteiger partial charge in [0.1, 0.15) is 0 Å². The number of piperazine rings is 1. The third kappa shape index (κ3) is 2.11. The minimum atomic E-state index is -0.321. The van der Waals surface area contributed by atoms with Crippen molar-refractivity contribution in [2.24, 2.45) is 0 Å². The molecule has 12 heavy (non-hydrogen) atoms.